The minimum atomic E-state index is 0.0437. The third kappa shape index (κ3) is 3.92. The Balaban J connectivity index is 2.23. The van der Waals surface area contributed by atoms with Crippen LogP contribution in [0.5, 0.6) is 5.75 Å². The molecule has 2 aromatic carbocycles. The zero-order chi connectivity index (χ0) is 15.6. The van der Waals surface area contributed by atoms with Gasteiger partial charge in [0.1, 0.15) is 12.4 Å². The van der Waals surface area contributed by atoms with Crippen LogP contribution in [-0.2, 0) is 12.0 Å². The maximum absolute atomic E-state index is 6.03. The molecule has 2 rings (SSSR count). The molecule has 0 amide bonds. The lowest BCUT2D eigenvalue weighted by molar-refractivity contribution is 0.297. The van der Waals surface area contributed by atoms with E-state index in [0.717, 1.165) is 11.3 Å². The van der Waals surface area contributed by atoms with Gasteiger partial charge in [-0.15, -0.1) is 0 Å². The molecule has 0 aromatic heterocycles. The lowest BCUT2D eigenvalue weighted by Crippen LogP contribution is -2.13. The number of nitrogens with two attached hydrogens (primary N) is 1. The van der Waals surface area contributed by atoms with E-state index in [0.29, 0.717) is 17.3 Å². The van der Waals surface area contributed by atoms with Gasteiger partial charge in [-0.05, 0) is 47.2 Å². The highest BCUT2D eigenvalue weighted by Gasteiger charge is 2.19. The predicted molar refractivity (Wildman–Crippen MR) is 90.1 cm³/mol. The van der Waals surface area contributed by atoms with Gasteiger partial charge in [0.05, 0.1) is 10.7 Å². The minimum Gasteiger partial charge on any atom is -0.489 e. The lowest BCUT2D eigenvalue weighted by Gasteiger charge is -2.23. The van der Waals surface area contributed by atoms with E-state index < -0.39 is 0 Å². The average molecular weight is 304 g/mol. The molecule has 0 bridgehead atoms. The lowest BCUT2D eigenvalue weighted by atomic mass is 9.86. The third-order valence-corrected chi connectivity index (χ3v) is 3.74. The van der Waals surface area contributed by atoms with Gasteiger partial charge in [-0.2, -0.15) is 0 Å². The van der Waals surface area contributed by atoms with Gasteiger partial charge >= 0.3 is 0 Å². The number of nitrogen functional groups attached to an aromatic ring is 1. The molecule has 0 heterocycles. The standard InChI is InChI=1S/C18H22ClNO/c1-12-5-7-14(18(2,3)4)17(9-12)21-11-13-6-8-15(19)16(20)10-13/h5-10H,11,20H2,1-4H3. The van der Waals surface area contributed by atoms with Crippen LogP contribution in [0, 0.1) is 6.92 Å². The maximum atomic E-state index is 6.03. The van der Waals surface area contributed by atoms with E-state index in [1.165, 1.54) is 11.1 Å². The molecule has 2 nitrogen and oxygen atoms in total. The molecule has 0 radical (unpaired) electrons. The molecular formula is C18H22ClNO. The second kappa shape index (κ2) is 5.98. The number of ether oxygens (including phenoxy) is 1. The zero-order valence-corrected chi connectivity index (χ0v) is 13.8. The topological polar surface area (TPSA) is 35.2 Å². The fourth-order valence-electron chi connectivity index (χ4n) is 2.21. The molecule has 0 atom stereocenters. The van der Waals surface area contributed by atoms with Crippen molar-refractivity contribution in [2.45, 2.75) is 39.7 Å². The van der Waals surface area contributed by atoms with Crippen molar-refractivity contribution in [2.24, 2.45) is 0 Å². The van der Waals surface area contributed by atoms with E-state index >= 15 is 0 Å². The fourth-order valence-corrected chi connectivity index (χ4v) is 2.33. The molecular weight excluding hydrogens is 282 g/mol. The van der Waals surface area contributed by atoms with E-state index in [1.807, 2.05) is 12.1 Å². The van der Waals surface area contributed by atoms with Gasteiger partial charge in [-0.3, -0.25) is 0 Å². The van der Waals surface area contributed by atoms with Crippen LogP contribution < -0.4 is 10.5 Å². The Morgan fingerprint density at radius 2 is 1.81 bits per heavy atom. The molecule has 0 unspecified atom stereocenters. The summed E-state index contributed by atoms with van der Waals surface area (Å²) in [5.41, 5.74) is 9.86. The van der Waals surface area contributed by atoms with E-state index in [2.05, 4.69) is 45.9 Å². The molecule has 0 aliphatic rings. The normalized spacial score (nSPS) is 11.5. The Morgan fingerprint density at radius 3 is 2.43 bits per heavy atom. The van der Waals surface area contributed by atoms with Crippen LogP contribution in [0.3, 0.4) is 0 Å². The Kier molecular flexibility index (Phi) is 4.48. The van der Waals surface area contributed by atoms with Crippen molar-refractivity contribution in [3.05, 3.63) is 58.1 Å². The first-order chi connectivity index (χ1) is 9.77. The quantitative estimate of drug-likeness (QED) is 0.800. The van der Waals surface area contributed by atoms with Crippen molar-refractivity contribution < 1.29 is 4.74 Å². The summed E-state index contributed by atoms with van der Waals surface area (Å²) in [6.45, 7) is 9.11. The molecule has 112 valence electrons. The van der Waals surface area contributed by atoms with Crippen LogP contribution in [0.2, 0.25) is 5.02 Å². The van der Waals surface area contributed by atoms with E-state index in [1.54, 1.807) is 6.07 Å². The Labute approximate surface area is 131 Å². The monoisotopic (exact) mass is 303 g/mol. The number of hydrogen-bond donors (Lipinski definition) is 1. The van der Waals surface area contributed by atoms with E-state index in [9.17, 15) is 0 Å². The number of halogens is 1. The summed E-state index contributed by atoms with van der Waals surface area (Å²) in [7, 11) is 0. The van der Waals surface area contributed by atoms with Crippen LogP contribution in [0.1, 0.15) is 37.5 Å². The van der Waals surface area contributed by atoms with Gasteiger partial charge in [0.25, 0.3) is 0 Å². The average Bonchev–Trinajstić information content (AvgIpc) is 2.39. The molecule has 0 saturated carbocycles. The molecule has 3 heteroatoms. The number of anilines is 1. The van der Waals surface area contributed by atoms with Crippen LogP contribution >= 0.6 is 11.6 Å². The molecule has 0 spiro atoms. The molecule has 2 aromatic rings. The minimum absolute atomic E-state index is 0.0437. The maximum Gasteiger partial charge on any atom is 0.123 e. The summed E-state index contributed by atoms with van der Waals surface area (Å²) in [6, 6.07) is 11.9. The fraction of sp³-hybridized carbons (Fsp3) is 0.333. The van der Waals surface area contributed by atoms with Gasteiger partial charge in [-0.25, -0.2) is 0 Å². The number of hydrogen-bond acceptors (Lipinski definition) is 2. The highest BCUT2D eigenvalue weighted by atomic mass is 35.5. The van der Waals surface area contributed by atoms with Crippen LogP contribution in [0.4, 0.5) is 5.69 Å². The first-order valence-electron chi connectivity index (χ1n) is 7.05. The molecule has 0 aliphatic carbocycles. The summed E-state index contributed by atoms with van der Waals surface area (Å²) in [5, 5.41) is 0.574. The van der Waals surface area contributed by atoms with Gasteiger partial charge in [0.2, 0.25) is 0 Å². The van der Waals surface area contributed by atoms with Crippen molar-refractivity contribution in [1.29, 1.82) is 0 Å². The molecule has 2 N–H and O–H groups in total. The van der Waals surface area contributed by atoms with Crippen molar-refractivity contribution in [3.8, 4) is 5.75 Å². The predicted octanol–water partition coefficient (Wildman–Crippen LogP) is 5.11. The highest BCUT2D eigenvalue weighted by molar-refractivity contribution is 6.33. The summed E-state index contributed by atoms with van der Waals surface area (Å²) >= 11 is 5.94. The van der Waals surface area contributed by atoms with Crippen molar-refractivity contribution in [1.82, 2.24) is 0 Å². The van der Waals surface area contributed by atoms with Gasteiger partial charge in [0, 0.05) is 0 Å². The SMILES string of the molecule is Cc1ccc(C(C)(C)C)c(OCc2ccc(Cl)c(N)c2)c1. The van der Waals surface area contributed by atoms with E-state index in [4.69, 9.17) is 22.1 Å². The van der Waals surface area contributed by atoms with Crippen LogP contribution in [-0.4, -0.2) is 0 Å². The molecule has 21 heavy (non-hydrogen) atoms. The Bertz CT molecular complexity index is 644. The number of benzene rings is 2. The molecule has 0 saturated heterocycles. The zero-order valence-electron chi connectivity index (χ0n) is 13.0. The number of aryl methyl sites for hydroxylation is 1. The second-order valence-electron chi connectivity index (χ2n) is 6.39. The van der Waals surface area contributed by atoms with E-state index in [-0.39, 0.29) is 5.41 Å². The van der Waals surface area contributed by atoms with Crippen LogP contribution in [0.15, 0.2) is 36.4 Å². The first kappa shape index (κ1) is 15.7. The van der Waals surface area contributed by atoms with Gasteiger partial charge < -0.3 is 10.5 Å². The molecule has 0 fully saturated rings. The smallest absolute Gasteiger partial charge is 0.123 e. The summed E-state index contributed by atoms with van der Waals surface area (Å²) < 4.78 is 6.03. The Morgan fingerprint density at radius 1 is 1.10 bits per heavy atom. The first-order valence-corrected chi connectivity index (χ1v) is 7.43. The van der Waals surface area contributed by atoms with Crippen LogP contribution in [0.25, 0.3) is 0 Å². The highest BCUT2D eigenvalue weighted by Crippen LogP contribution is 2.32. The Hall–Kier alpha value is -1.67. The summed E-state index contributed by atoms with van der Waals surface area (Å²) in [5.74, 6) is 0.927. The largest absolute Gasteiger partial charge is 0.489 e. The van der Waals surface area contributed by atoms with Crippen molar-refractivity contribution >= 4 is 17.3 Å². The molecule has 0 aliphatic heterocycles. The van der Waals surface area contributed by atoms with Gasteiger partial charge in [-0.1, -0.05) is 50.6 Å². The summed E-state index contributed by atoms with van der Waals surface area (Å²) in [6.07, 6.45) is 0. The number of rotatable bonds is 3. The third-order valence-electron chi connectivity index (χ3n) is 3.40. The van der Waals surface area contributed by atoms with Crippen molar-refractivity contribution in [2.75, 3.05) is 5.73 Å². The second-order valence-corrected chi connectivity index (χ2v) is 6.80. The summed E-state index contributed by atoms with van der Waals surface area (Å²) in [4.78, 5) is 0. The van der Waals surface area contributed by atoms with Crippen molar-refractivity contribution in [3.63, 3.8) is 0 Å². The van der Waals surface area contributed by atoms with Gasteiger partial charge in [0.15, 0.2) is 0 Å².